The summed E-state index contributed by atoms with van der Waals surface area (Å²) in [5, 5.41) is 9.89. The monoisotopic (exact) mass is 622 g/mol. The predicted octanol–water partition coefficient (Wildman–Crippen LogP) is 11.6. The van der Waals surface area contributed by atoms with E-state index in [9.17, 15) is 0 Å². The first-order valence-electron chi connectivity index (χ1n) is 16.8. The molecule has 0 amide bonds. The minimum absolute atomic E-state index is 0.948. The zero-order valence-electron chi connectivity index (χ0n) is 26.3. The van der Waals surface area contributed by atoms with Crippen molar-refractivity contribution in [3.63, 3.8) is 0 Å². The molecule has 4 heteroatoms. The number of hydrogen-bond acceptors (Lipinski definition) is 1. The van der Waals surface area contributed by atoms with Crippen molar-refractivity contribution >= 4 is 87.5 Å². The Morgan fingerprint density at radius 1 is 0.388 bits per heavy atom. The Labute approximate surface area is 279 Å². The van der Waals surface area contributed by atoms with Gasteiger partial charge in [-0.05, 0) is 81.7 Å². The van der Waals surface area contributed by atoms with Crippen molar-refractivity contribution in [1.29, 1.82) is 0 Å². The van der Waals surface area contributed by atoms with Crippen LogP contribution < -0.4 is 0 Å². The highest BCUT2D eigenvalue weighted by Crippen LogP contribution is 2.44. The van der Waals surface area contributed by atoms with Crippen LogP contribution in [0.5, 0.6) is 0 Å². The molecule has 0 fully saturated rings. The highest BCUT2D eigenvalue weighted by atomic mass is 15.2. The Bertz CT molecular complexity index is 3320. The fourth-order valence-corrected chi connectivity index (χ4v) is 8.58. The number of hydrogen-bond donors (Lipinski definition) is 0. The van der Waals surface area contributed by atoms with E-state index in [1.165, 1.54) is 81.8 Å². The van der Waals surface area contributed by atoms with Gasteiger partial charge in [0.15, 0.2) is 0 Å². The topological polar surface area (TPSA) is 26.6 Å². The molecule has 4 aromatic heterocycles. The van der Waals surface area contributed by atoms with Gasteiger partial charge in [-0.2, -0.15) is 0 Å². The van der Waals surface area contributed by atoms with Gasteiger partial charge in [-0.1, -0.05) is 103 Å². The Morgan fingerprint density at radius 3 is 1.88 bits per heavy atom. The van der Waals surface area contributed by atoms with Crippen LogP contribution in [-0.2, 0) is 0 Å². The summed E-state index contributed by atoms with van der Waals surface area (Å²) in [6.07, 6.45) is 0. The summed E-state index contributed by atoms with van der Waals surface area (Å²) in [7, 11) is 0. The highest BCUT2D eigenvalue weighted by molar-refractivity contribution is 6.21. The molecule has 4 nitrogen and oxygen atoms in total. The summed E-state index contributed by atoms with van der Waals surface area (Å²) >= 11 is 0. The lowest BCUT2D eigenvalue weighted by atomic mass is 9.98. The summed E-state index contributed by atoms with van der Waals surface area (Å²) in [6.45, 7) is 0. The average molecular weight is 623 g/mol. The molecule has 0 bridgehead atoms. The molecule has 12 aromatic rings. The summed E-state index contributed by atoms with van der Waals surface area (Å²) in [4.78, 5) is 5.34. The van der Waals surface area contributed by atoms with Gasteiger partial charge in [0.1, 0.15) is 0 Å². The van der Waals surface area contributed by atoms with Gasteiger partial charge < -0.3 is 4.57 Å². The van der Waals surface area contributed by atoms with Gasteiger partial charge >= 0.3 is 0 Å². The van der Waals surface area contributed by atoms with E-state index in [0.717, 1.165) is 22.5 Å². The van der Waals surface area contributed by atoms with Crippen LogP contribution in [0, 0.1) is 0 Å². The molecular formula is C45H26N4. The van der Waals surface area contributed by atoms with Crippen molar-refractivity contribution in [1.82, 2.24) is 18.4 Å². The summed E-state index contributed by atoms with van der Waals surface area (Å²) < 4.78 is 7.21. The van der Waals surface area contributed by atoms with Gasteiger partial charge in [-0.15, -0.1) is 0 Å². The Kier molecular flexibility index (Phi) is 4.69. The lowest BCUT2D eigenvalue weighted by Crippen LogP contribution is -1.95. The lowest BCUT2D eigenvalue weighted by molar-refractivity contribution is 1.18. The Hall–Kier alpha value is -6.65. The molecule has 0 aliphatic carbocycles. The van der Waals surface area contributed by atoms with Crippen LogP contribution in [0.4, 0.5) is 0 Å². The second-order valence-corrected chi connectivity index (χ2v) is 13.3. The van der Waals surface area contributed by atoms with Crippen LogP contribution in [0.25, 0.3) is 104 Å². The fraction of sp³-hybridized carbons (Fsp3) is 0. The average Bonchev–Trinajstić information content (AvgIpc) is 3.87. The van der Waals surface area contributed by atoms with E-state index in [0.29, 0.717) is 0 Å². The van der Waals surface area contributed by atoms with Crippen molar-refractivity contribution < 1.29 is 0 Å². The summed E-state index contributed by atoms with van der Waals surface area (Å²) in [5.41, 5.74) is 11.7. The molecule has 0 saturated carbocycles. The summed E-state index contributed by atoms with van der Waals surface area (Å²) in [5.74, 6) is 0.948. The third-order valence-corrected chi connectivity index (χ3v) is 10.7. The van der Waals surface area contributed by atoms with Crippen LogP contribution >= 0.6 is 0 Å². The number of nitrogens with zero attached hydrogens (tertiary/aromatic N) is 4. The molecule has 0 atom stereocenters. The maximum atomic E-state index is 5.34. The summed E-state index contributed by atoms with van der Waals surface area (Å²) in [6, 6.07) is 57.6. The predicted molar refractivity (Wildman–Crippen MR) is 205 cm³/mol. The number of fused-ring (bicyclic) bond motifs is 13. The normalized spacial score (nSPS) is 12.5. The smallest absolute Gasteiger partial charge is 0.220 e. The van der Waals surface area contributed by atoms with E-state index in [-0.39, 0.29) is 0 Å². The molecule has 0 aliphatic rings. The zero-order chi connectivity index (χ0) is 31.8. The molecule has 0 spiro atoms. The second kappa shape index (κ2) is 9.03. The maximum absolute atomic E-state index is 5.34. The third-order valence-electron chi connectivity index (χ3n) is 10.7. The molecule has 226 valence electrons. The van der Waals surface area contributed by atoms with Gasteiger partial charge in [0.05, 0.1) is 38.6 Å². The molecule has 0 unspecified atom stereocenters. The van der Waals surface area contributed by atoms with Gasteiger partial charge in [-0.25, -0.2) is 4.98 Å². The Balaban J connectivity index is 1.29. The second-order valence-electron chi connectivity index (χ2n) is 13.3. The van der Waals surface area contributed by atoms with E-state index in [1.807, 2.05) is 0 Å². The lowest BCUT2D eigenvalue weighted by Gasteiger charge is -2.12. The Morgan fingerprint density at radius 2 is 1.06 bits per heavy atom. The maximum Gasteiger partial charge on any atom is 0.220 e. The molecule has 0 aliphatic heterocycles. The molecule has 0 N–H and O–H groups in total. The zero-order valence-corrected chi connectivity index (χ0v) is 26.3. The van der Waals surface area contributed by atoms with E-state index in [4.69, 9.17) is 4.98 Å². The minimum Gasteiger partial charge on any atom is -0.309 e. The third kappa shape index (κ3) is 3.25. The molecule has 0 radical (unpaired) electrons. The first-order chi connectivity index (χ1) is 24.3. The van der Waals surface area contributed by atoms with Gasteiger partial charge in [0, 0.05) is 32.8 Å². The fourth-order valence-electron chi connectivity index (χ4n) is 8.58. The van der Waals surface area contributed by atoms with Gasteiger partial charge in [0.2, 0.25) is 5.78 Å². The van der Waals surface area contributed by atoms with Crippen molar-refractivity contribution in [3.05, 3.63) is 158 Å². The van der Waals surface area contributed by atoms with Crippen LogP contribution in [0.2, 0.25) is 0 Å². The molecule has 0 saturated heterocycles. The van der Waals surface area contributed by atoms with Crippen molar-refractivity contribution in [2.45, 2.75) is 0 Å². The van der Waals surface area contributed by atoms with Crippen molar-refractivity contribution in [2.24, 2.45) is 0 Å². The first-order valence-corrected chi connectivity index (χ1v) is 16.8. The molecule has 49 heavy (non-hydrogen) atoms. The first kappa shape index (κ1) is 25.4. The van der Waals surface area contributed by atoms with E-state index >= 15 is 0 Å². The number of rotatable bonds is 2. The number of imidazole rings is 2. The SMILES string of the molecule is c1ccc(-n2c3ccccc3c3cccc(-c4cc5c6cc7ccccc7cc6n6c5c(c4)n4c5cc7ccccc7cc5nc46)c32)cc1. The van der Waals surface area contributed by atoms with Crippen molar-refractivity contribution in [3.8, 4) is 16.8 Å². The molecular weight excluding hydrogens is 597 g/mol. The highest BCUT2D eigenvalue weighted by Gasteiger charge is 2.24. The van der Waals surface area contributed by atoms with Crippen LogP contribution in [0.15, 0.2) is 158 Å². The van der Waals surface area contributed by atoms with E-state index < -0.39 is 0 Å². The minimum atomic E-state index is 0.948. The van der Waals surface area contributed by atoms with Gasteiger partial charge in [0.25, 0.3) is 0 Å². The number of aromatic nitrogens is 4. The molecule has 4 heterocycles. The van der Waals surface area contributed by atoms with E-state index in [2.05, 4.69) is 171 Å². The number of para-hydroxylation sites is 3. The molecule has 8 aromatic carbocycles. The van der Waals surface area contributed by atoms with Crippen LogP contribution in [-0.4, -0.2) is 18.4 Å². The standard InChI is InChI=1S/C45H26N4/c1-2-15-32(16-3-1)47-39-20-9-8-17-34(39)35-19-10-18-33(43(35)47)31-22-37-36-21-27-11-4-6-13-29(27)24-40(36)49-44(37)42(26-31)48-41-25-30-14-7-5-12-28(30)23-38(41)46-45(48)49/h1-26H. The molecule has 12 rings (SSSR count). The van der Waals surface area contributed by atoms with Crippen molar-refractivity contribution in [2.75, 3.05) is 0 Å². The van der Waals surface area contributed by atoms with Crippen LogP contribution in [0.1, 0.15) is 0 Å². The quantitative estimate of drug-likeness (QED) is 0.188. The van der Waals surface area contributed by atoms with E-state index in [1.54, 1.807) is 0 Å². The number of benzene rings is 8. The van der Waals surface area contributed by atoms with Gasteiger partial charge in [-0.3, -0.25) is 8.80 Å². The largest absolute Gasteiger partial charge is 0.309 e. The van der Waals surface area contributed by atoms with Crippen LogP contribution in [0.3, 0.4) is 0 Å².